The normalized spacial score (nSPS) is 10.4. The standard InChI is InChI=1S/C18H18Cl2N2O2/c1-11-7-8-14(9-12(11)2)21-17(24)10-22(13(3)23)16-6-4-5-15(19)18(16)20/h4-9H,10H2,1-3H3,(H,21,24). The highest BCUT2D eigenvalue weighted by Crippen LogP contribution is 2.32. The molecule has 2 amide bonds. The second-order valence-electron chi connectivity index (χ2n) is 5.53. The van der Waals surface area contributed by atoms with E-state index in [-0.39, 0.29) is 23.4 Å². The van der Waals surface area contributed by atoms with Gasteiger partial charge in [-0.15, -0.1) is 0 Å². The molecule has 0 heterocycles. The van der Waals surface area contributed by atoms with Gasteiger partial charge >= 0.3 is 0 Å². The Balaban J connectivity index is 2.18. The minimum atomic E-state index is -0.315. The minimum absolute atomic E-state index is 0.150. The highest BCUT2D eigenvalue weighted by Gasteiger charge is 2.19. The molecule has 0 radical (unpaired) electrons. The molecular weight excluding hydrogens is 347 g/mol. The summed E-state index contributed by atoms with van der Waals surface area (Å²) in [6.07, 6.45) is 0. The number of carbonyl (C=O) groups is 2. The third-order valence-electron chi connectivity index (χ3n) is 3.69. The van der Waals surface area contributed by atoms with Crippen LogP contribution in [0.3, 0.4) is 0 Å². The van der Waals surface area contributed by atoms with Crippen molar-refractivity contribution >= 4 is 46.4 Å². The van der Waals surface area contributed by atoms with Gasteiger partial charge in [0.25, 0.3) is 0 Å². The zero-order valence-electron chi connectivity index (χ0n) is 13.7. The fraction of sp³-hybridized carbons (Fsp3) is 0.222. The van der Waals surface area contributed by atoms with Crippen LogP contribution in [0.4, 0.5) is 11.4 Å². The molecule has 4 nitrogen and oxygen atoms in total. The van der Waals surface area contributed by atoms with Crippen LogP contribution in [0.2, 0.25) is 10.0 Å². The molecule has 126 valence electrons. The largest absolute Gasteiger partial charge is 0.325 e. The summed E-state index contributed by atoms with van der Waals surface area (Å²) in [5.41, 5.74) is 3.31. The number of amides is 2. The Hall–Kier alpha value is -2.04. The molecule has 0 aliphatic heterocycles. The molecule has 6 heteroatoms. The van der Waals surface area contributed by atoms with Crippen LogP contribution in [0.15, 0.2) is 36.4 Å². The average molecular weight is 365 g/mol. The van der Waals surface area contributed by atoms with Gasteiger partial charge in [0.2, 0.25) is 11.8 Å². The van der Waals surface area contributed by atoms with E-state index in [0.29, 0.717) is 16.4 Å². The topological polar surface area (TPSA) is 49.4 Å². The van der Waals surface area contributed by atoms with Crippen molar-refractivity contribution < 1.29 is 9.59 Å². The maximum absolute atomic E-state index is 12.3. The van der Waals surface area contributed by atoms with E-state index in [4.69, 9.17) is 23.2 Å². The van der Waals surface area contributed by atoms with Crippen LogP contribution in [0.25, 0.3) is 0 Å². The first-order valence-electron chi connectivity index (χ1n) is 7.39. The highest BCUT2D eigenvalue weighted by atomic mass is 35.5. The van der Waals surface area contributed by atoms with Crippen LogP contribution in [0, 0.1) is 13.8 Å². The molecule has 0 aliphatic carbocycles. The lowest BCUT2D eigenvalue weighted by atomic mass is 10.1. The van der Waals surface area contributed by atoms with Gasteiger partial charge in [-0.2, -0.15) is 0 Å². The van der Waals surface area contributed by atoms with Crippen molar-refractivity contribution in [1.29, 1.82) is 0 Å². The molecule has 0 aromatic heterocycles. The van der Waals surface area contributed by atoms with Crippen molar-refractivity contribution in [2.24, 2.45) is 0 Å². The second-order valence-corrected chi connectivity index (χ2v) is 6.31. The fourth-order valence-electron chi connectivity index (χ4n) is 2.23. The number of nitrogens with one attached hydrogen (secondary N) is 1. The van der Waals surface area contributed by atoms with Crippen molar-refractivity contribution in [2.75, 3.05) is 16.8 Å². The molecule has 2 rings (SSSR count). The zero-order valence-corrected chi connectivity index (χ0v) is 15.2. The lowest BCUT2D eigenvalue weighted by Crippen LogP contribution is -2.36. The van der Waals surface area contributed by atoms with E-state index in [0.717, 1.165) is 11.1 Å². The van der Waals surface area contributed by atoms with Crippen LogP contribution in [-0.2, 0) is 9.59 Å². The van der Waals surface area contributed by atoms with E-state index in [1.165, 1.54) is 11.8 Å². The van der Waals surface area contributed by atoms with Gasteiger partial charge in [0.1, 0.15) is 6.54 Å². The van der Waals surface area contributed by atoms with E-state index < -0.39 is 0 Å². The quantitative estimate of drug-likeness (QED) is 0.861. The molecule has 0 atom stereocenters. The van der Waals surface area contributed by atoms with Crippen molar-refractivity contribution in [2.45, 2.75) is 20.8 Å². The summed E-state index contributed by atoms with van der Waals surface area (Å²) >= 11 is 12.1. The first-order chi connectivity index (χ1) is 11.3. The van der Waals surface area contributed by atoms with Gasteiger partial charge in [-0.3, -0.25) is 9.59 Å². The summed E-state index contributed by atoms with van der Waals surface area (Å²) in [5.74, 6) is -0.612. The molecule has 0 spiro atoms. The average Bonchev–Trinajstić information content (AvgIpc) is 2.51. The Bertz CT molecular complexity index is 791. The van der Waals surface area contributed by atoms with E-state index in [2.05, 4.69) is 5.32 Å². The number of benzene rings is 2. The number of nitrogens with zero attached hydrogens (tertiary/aromatic N) is 1. The van der Waals surface area contributed by atoms with Gasteiger partial charge in [0, 0.05) is 12.6 Å². The molecule has 0 unspecified atom stereocenters. The molecule has 0 saturated carbocycles. The van der Waals surface area contributed by atoms with E-state index >= 15 is 0 Å². The van der Waals surface area contributed by atoms with E-state index in [1.54, 1.807) is 18.2 Å². The summed E-state index contributed by atoms with van der Waals surface area (Å²) in [6.45, 7) is 5.20. The first-order valence-corrected chi connectivity index (χ1v) is 8.14. The number of rotatable bonds is 4. The van der Waals surface area contributed by atoms with Gasteiger partial charge in [-0.1, -0.05) is 35.3 Å². The molecule has 2 aromatic carbocycles. The van der Waals surface area contributed by atoms with Crippen molar-refractivity contribution in [1.82, 2.24) is 0 Å². The number of anilines is 2. The number of hydrogen-bond donors (Lipinski definition) is 1. The van der Waals surface area contributed by atoms with Crippen molar-refractivity contribution in [3.63, 3.8) is 0 Å². The Morgan fingerprint density at radius 1 is 1.08 bits per heavy atom. The Morgan fingerprint density at radius 3 is 2.42 bits per heavy atom. The zero-order chi connectivity index (χ0) is 17.9. The summed E-state index contributed by atoms with van der Waals surface area (Å²) in [6, 6.07) is 10.6. The predicted molar refractivity (Wildman–Crippen MR) is 99.0 cm³/mol. The van der Waals surface area contributed by atoms with Gasteiger partial charge in [0.05, 0.1) is 15.7 Å². The van der Waals surface area contributed by atoms with Gasteiger partial charge in [0.15, 0.2) is 0 Å². The second kappa shape index (κ2) is 7.69. The van der Waals surface area contributed by atoms with Crippen LogP contribution in [0.1, 0.15) is 18.1 Å². The molecule has 24 heavy (non-hydrogen) atoms. The maximum Gasteiger partial charge on any atom is 0.244 e. The lowest BCUT2D eigenvalue weighted by molar-refractivity contribution is -0.120. The van der Waals surface area contributed by atoms with Crippen LogP contribution in [-0.4, -0.2) is 18.4 Å². The Kier molecular flexibility index (Phi) is 5.86. The third kappa shape index (κ3) is 4.28. The summed E-state index contributed by atoms with van der Waals surface area (Å²) in [5, 5.41) is 3.36. The van der Waals surface area contributed by atoms with Crippen LogP contribution >= 0.6 is 23.2 Å². The lowest BCUT2D eigenvalue weighted by Gasteiger charge is -2.22. The number of carbonyl (C=O) groups excluding carboxylic acids is 2. The molecule has 1 N–H and O–H groups in total. The van der Waals surface area contributed by atoms with Crippen molar-refractivity contribution in [3.8, 4) is 0 Å². The summed E-state index contributed by atoms with van der Waals surface area (Å²) < 4.78 is 0. The molecule has 2 aromatic rings. The van der Waals surface area contributed by atoms with E-state index in [1.807, 2.05) is 32.0 Å². The summed E-state index contributed by atoms with van der Waals surface area (Å²) in [4.78, 5) is 25.5. The third-order valence-corrected chi connectivity index (χ3v) is 4.50. The van der Waals surface area contributed by atoms with Crippen molar-refractivity contribution in [3.05, 3.63) is 57.6 Å². The molecule has 0 aliphatic rings. The van der Waals surface area contributed by atoms with Crippen LogP contribution in [0.5, 0.6) is 0 Å². The number of halogens is 2. The van der Waals surface area contributed by atoms with Crippen LogP contribution < -0.4 is 10.2 Å². The van der Waals surface area contributed by atoms with Gasteiger partial charge in [-0.05, 0) is 49.2 Å². The maximum atomic E-state index is 12.3. The molecular formula is C18H18Cl2N2O2. The Morgan fingerprint density at radius 2 is 1.79 bits per heavy atom. The number of hydrogen-bond acceptors (Lipinski definition) is 2. The molecule has 0 bridgehead atoms. The predicted octanol–water partition coefficient (Wildman–Crippen LogP) is 4.60. The molecule has 0 fully saturated rings. The first kappa shape index (κ1) is 18.3. The fourth-order valence-corrected chi connectivity index (χ4v) is 2.63. The Labute approximate surface area is 151 Å². The highest BCUT2D eigenvalue weighted by molar-refractivity contribution is 6.44. The van der Waals surface area contributed by atoms with E-state index in [9.17, 15) is 9.59 Å². The van der Waals surface area contributed by atoms with Gasteiger partial charge in [-0.25, -0.2) is 0 Å². The van der Waals surface area contributed by atoms with Gasteiger partial charge < -0.3 is 10.2 Å². The smallest absolute Gasteiger partial charge is 0.244 e. The minimum Gasteiger partial charge on any atom is -0.325 e. The monoisotopic (exact) mass is 364 g/mol. The SMILES string of the molecule is CC(=O)N(CC(=O)Nc1ccc(C)c(C)c1)c1cccc(Cl)c1Cl. The number of aryl methyl sites for hydroxylation is 2. The molecule has 0 saturated heterocycles. The summed E-state index contributed by atoms with van der Waals surface area (Å²) in [7, 11) is 0.